The third-order valence-electron chi connectivity index (χ3n) is 2.55. The second-order valence-electron chi connectivity index (χ2n) is 4.30. The van der Waals surface area contributed by atoms with Gasteiger partial charge in [0, 0.05) is 6.54 Å². The van der Waals surface area contributed by atoms with Crippen LogP contribution in [-0.2, 0) is 6.18 Å². The van der Waals surface area contributed by atoms with Crippen LogP contribution in [0.5, 0.6) is 11.6 Å². The van der Waals surface area contributed by atoms with Crippen LogP contribution in [0, 0.1) is 0 Å². The fourth-order valence-corrected chi connectivity index (χ4v) is 1.59. The van der Waals surface area contributed by atoms with Gasteiger partial charge in [0.15, 0.2) is 0 Å². The SMILES string of the molecule is CCCNc1cncc(Oc2cccc(C(F)(F)F)c2)n1. The van der Waals surface area contributed by atoms with Crippen molar-refractivity contribution in [2.75, 3.05) is 11.9 Å². The lowest BCUT2D eigenvalue weighted by atomic mass is 10.2. The first-order chi connectivity index (χ1) is 9.99. The van der Waals surface area contributed by atoms with Crippen molar-refractivity contribution in [3.05, 3.63) is 42.2 Å². The van der Waals surface area contributed by atoms with Crippen molar-refractivity contribution >= 4 is 5.82 Å². The Hall–Kier alpha value is -2.31. The molecule has 0 aliphatic rings. The van der Waals surface area contributed by atoms with Crippen LogP contribution in [0.2, 0.25) is 0 Å². The van der Waals surface area contributed by atoms with Gasteiger partial charge in [0.2, 0.25) is 5.88 Å². The summed E-state index contributed by atoms with van der Waals surface area (Å²) in [5, 5.41) is 3.02. The van der Waals surface area contributed by atoms with E-state index >= 15 is 0 Å². The van der Waals surface area contributed by atoms with Crippen molar-refractivity contribution in [3.8, 4) is 11.6 Å². The molecule has 0 aliphatic carbocycles. The third kappa shape index (κ3) is 4.34. The highest BCUT2D eigenvalue weighted by molar-refractivity contribution is 5.36. The molecule has 2 aromatic rings. The standard InChI is InChI=1S/C14H14F3N3O/c1-2-6-19-12-8-18-9-13(20-12)21-11-5-3-4-10(7-11)14(15,16)17/h3-5,7-9H,2,6H2,1H3,(H,19,20). The number of rotatable bonds is 5. The number of nitrogens with one attached hydrogen (secondary N) is 1. The monoisotopic (exact) mass is 297 g/mol. The van der Waals surface area contributed by atoms with Crippen molar-refractivity contribution < 1.29 is 17.9 Å². The Kier molecular flexibility index (Phi) is 4.62. The van der Waals surface area contributed by atoms with E-state index in [1.54, 1.807) is 0 Å². The second kappa shape index (κ2) is 6.43. The fourth-order valence-electron chi connectivity index (χ4n) is 1.59. The summed E-state index contributed by atoms with van der Waals surface area (Å²) >= 11 is 0. The summed E-state index contributed by atoms with van der Waals surface area (Å²) in [5.41, 5.74) is -0.770. The molecule has 0 unspecified atom stereocenters. The van der Waals surface area contributed by atoms with Crippen LogP contribution >= 0.6 is 0 Å². The third-order valence-corrected chi connectivity index (χ3v) is 2.55. The van der Waals surface area contributed by atoms with E-state index in [4.69, 9.17) is 4.74 Å². The number of ether oxygens (including phenoxy) is 1. The molecule has 4 nitrogen and oxygen atoms in total. The lowest BCUT2D eigenvalue weighted by molar-refractivity contribution is -0.137. The molecule has 21 heavy (non-hydrogen) atoms. The molecule has 0 saturated carbocycles. The first kappa shape index (κ1) is 15.1. The molecule has 7 heteroatoms. The van der Waals surface area contributed by atoms with E-state index in [1.165, 1.54) is 24.5 Å². The van der Waals surface area contributed by atoms with Crippen LogP contribution in [0.25, 0.3) is 0 Å². The van der Waals surface area contributed by atoms with Gasteiger partial charge in [-0.05, 0) is 24.6 Å². The van der Waals surface area contributed by atoms with Crippen LogP contribution < -0.4 is 10.1 Å². The van der Waals surface area contributed by atoms with Crippen LogP contribution in [0.15, 0.2) is 36.7 Å². The summed E-state index contributed by atoms with van der Waals surface area (Å²) in [4.78, 5) is 8.05. The number of anilines is 1. The minimum Gasteiger partial charge on any atom is -0.437 e. The van der Waals surface area contributed by atoms with Gasteiger partial charge in [0.25, 0.3) is 0 Å². The van der Waals surface area contributed by atoms with Crippen molar-refractivity contribution in [1.29, 1.82) is 0 Å². The zero-order chi connectivity index (χ0) is 15.3. The minimum absolute atomic E-state index is 0.0618. The van der Waals surface area contributed by atoms with E-state index in [2.05, 4.69) is 15.3 Å². The van der Waals surface area contributed by atoms with Crippen molar-refractivity contribution in [3.63, 3.8) is 0 Å². The van der Waals surface area contributed by atoms with Crippen LogP contribution in [-0.4, -0.2) is 16.5 Å². The van der Waals surface area contributed by atoms with Gasteiger partial charge in [-0.15, -0.1) is 0 Å². The maximum atomic E-state index is 12.6. The molecule has 0 spiro atoms. The predicted octanol–water partition coefficient (Wildman–Crippen LogP) is 4.11. The fraction of sp³-hybridized carbons (Fsp3) is 0.286. The van der Waals surface area contributed by atoms with Crippen molar-refractivity contribution in [1.82, 2.24) is 9.97 Å². The number of aromatic nitrogens is 2. The van der Waals surface area contributed by atoms with Gasteiger partial charge in [-0.1, -0.05) is 13.0 Å². The van der Waals surface area contributed by atoms with Crippen LogP contribution in [0.4, 0.5) is 19.0 Å². The Morgan fingerprint density at radius 2 is 2.05 bits per heavy atom. The van der Waals surface area contributed by atoms with E-state index in [0.717, 1.165) is 25.1 Å². The molecule has 2 rings (SSSR count). The van der Waals surface area contributed by atoms with Gasteiger partial charge < -0.3 is 10.1 Å². The highest BCUT2D eigenvalue weighted by Crippen LogP contribution is 2.32. The zero-order valence-corrected chi connectivity index (χ0v) is 11.3. The maximum absolute atomic E-state index is 12.6. The Morgan fingerprint density at radius 1 is 1.24 bits per heavy atom. The molecule has 0 amide bonds. The Labute approximate surface area is 120 Å². The highest BCUT2D eigenvalue weighted by atomic mass is 19.4. The first-order valence-corrected chi connectivity index (χ1v) is 6.40. The van der Waals surface area contributed by atoms with Gasteiger partial charge in [-0.25, -0.2) is 0 Å². The van der Waals surface area contributed by atoms with E-state index in [1.807, 2.05) is 6.92 Å². The molecule has 1 aromatic heterocycles. The van der Waals surface area contributed by atoms with E-state index in [0.29, 0.717) is 5.82 Å². The normalized spacial score (nSPS) is 11.2. The van der Waals surface area contributed by atoms with Gasteiger partial charge in [0.1, 0.15) is 11.6 Å². The number of halogens is 3. The summed E-state index contributed by atoms with van der Waals surface area (Å²) in [6.07, 6.45) is -0.623. The molecule has 0 radical (unpaired) electrons. The van der Waals surface area contributed by atoms with E-state index in [9.17, 15) is 13.2 Å². The molecule has 112 valence electrons. The van der Waals surface area contributed by atoms with Gasteiger partial charge >= 0.3 is 6.18 Å². The number of alkyl halides is 3. The summed E-state index contributed by atoms with van der Waals surface area (Å²) in [6.45, 7) is 2.73. The lowest BCUT2D eigenvalue weighted by Gasteiger charge is -2.10. The Morgan fingerprint density at radius 3 is 2.76 bits per heavy atom. The zero-order valence-electron chi connectivity index (χ0n) is 11.3. The van der Waals surface area contributed by atoms with Gasteiger partial charge in [-0.3, -0.25) is 4.98 Å². The molecular formula is C14H14F3N3O. The molecule has 0 aliphatic heterocycles. The average Bonchev–Trinajstić information content (AvgIpc) is 2.45. The average molecular weight is 297 g/mol. The molecular weight excluding hydrogens is 283 g/mol. The summed E-state index contributed by atoms with van der Waals surface area (Å²) in [6, 6.07) is 4.62. The second-order valence-corrected chi connectivity index (χ2v) is 4.30. The summed E-state index contributed by atoms with van der Waals surface area (Å²) in [5.74, 6) is 0.712. The van der Waals surface area contributed by atoms with Crippen LogP contribution in [0.1, 0.15) is 18.9 Å². The molecule has 0 fully saturated rings. The van der Waals surface area contributed by atoms with Crippen molar-refractivity contribution in [2.45, 2.75) is 19.5 Å². The molecule has 1 heterocycles. The smallest absolute Gasteiger partial charge is 0.416 e. The molecule has 1 N–H and O–H groups in total. The molecule has 1 aromatic carbocycles. The van der Waals surface area contributed by atoms with Gasteiger partial charge in [-0.2, -0.15) is 18.2 Å². The summed E-state index contributed by atoms with van der Waals surface area (Å²) in [7, 11) is 0. The quantitative estimate of drug-likeness (QED) is 0.902. The van der Waals surface area contributed by atoms with E-state index in [-0.39, 0.29) is 11.6 Å². The molecule has 0 bridgehead atoms. The number of hydrogen-bond acceptors (Lipinski definition) is 4. The number of hydrogen-bond donors (Lipinski definition) is 1. The van der Waals surface area contributed by atoms with Crippen LogP contribution in [0.3, 0.4) is 0 Å². The Balaban J connectivity index is 2.14. The maximum Gasteiger partial charge on any atom is 0.416 e. The van der Waals surface area contributed by atoms with Crippen molar-refractivity contribution in [2.24, 2.45) is 0 Å². The molecule has 0 saturated heterocycles. The number of benzene rings is 1. The largest absolute Gasteiger partial charge is 0.437 e. The first-order valence-electron chi connectivity index (χ1n) is 6.40. The highest BCUT2D eigenvalue weighted by Gasteiger charge is 2.30. The Bertz CT molecular complexity index is 602. The predicted molar refractivity (Wildman–Crippen MR) is 72.3 cm³/mol. The van der Waals surface area contributed by atoms with Gasteiger partial charge in [0.05, 0.1) is 18.0 Å². The summed E-state index contributed by atoms with van der Waals surface area (Å²) < 4.78 is 43.2. The molecule has 0 atom stereocenters. The number of nitrogens with zero attached hydrogens (tertiary/aromatic N) is 2. The lowest BCUT2D eigenvalue weighted by Crippen LogP contribution is -2.05. The minimum atomic E-state index is -4.41. The van der Waals surface area contributed by atoms with E-state index < -0.39 is 11.7 Å². The topological polar surface area (TPSA) is 47.0 Å².